The van der Waals surface area contributed by atoms with E-state index in [-0.39, 0.29) is 17.9 Å². The van der Waals surface area contributed by atoms with Gasteiger partial charge in [-0.15, -0.1) is 0 Å². The van der Waals surface area contributed by atoms with Gasteiger partial charge in [-0.2, -0.15) is 0 Å². The van der Waals surface area contributed by atoms with Crippen LogP contribution >= 0.6 is 0 Å². The smallest absolute Gasteiger partial charge is 0.223 e. The van der Waals surface area contributed by atoms with Crippen molar-refractivity contribution >= 4 is 5.91 Å². The van der Waals surface area contributed by atoms with Crippen LogP contribution in [0.2, 0.25) is 0 Å². The second-order valence-electron chi connectivity index (χ2n) is 6.56. The van der Waals surface area contributed by atoms with Crippen LogP contribution in [0.15, 0.2) is 24.3 Å². The summed E-state index contributed by atoms with van der Waals surface area (Å²) in [5, 5.41) is 3.12. The van der Waals surface area contributed by atoms with Crippen LogP contribution in [0, 0.1) is 5.92 Å². The van der Waals surface area contributed by atoms with Crippen molar-refractivity contribution in [1.82, 2.24) is 5.32 Å². The Morgan fingerprint density at radius 1 is 1.30 bits per heavy atom. The first kappa shape index (κ1) is 17.8. The maximum Gasteiger partial charge on any atom is 0.223 e. The molecule has 0 aromatic heterocycles. The summed E-state index contributed by atoms with van der Waals surface area (Å²) in [6.45, 7) is 9.99. The highest BCUT2D eigenvalue weighted by Crippen LogP contribution is 2.17. The second kappa shape index (κ2) is 8.92. The molecule has 1 atom stereocenters. The largest absolute Gasteiger partial charge is 0.493 e. The molecule has 1 heterocycles. The van der Waals surface area contributed by atoms with Crippen LogP contribution in [-0.2, 0) is 11.3 Å². The van der Waals surface area contributed by atoms with Gasteiger partial charge in [-0.25, -0.2) is 0 Å². The standard InChI is InChI=1S/C19H30N2O2/c1-4-15(3)20-19(22)16-10-12-21(13-11-16)14-17-8-6-7-9-18(17)23-5-2/h6-9,15-16H,4-5,10-14H2,1-3H3,(H,20,22)/p+1/t15-/m1/s1. The van der Waals surface area contributed by atoms with Gasteiger partial charge in [-0.3, -0.25) is 4.79 Å². The third kappa shape index (κ3) is 5.24. The number of hydrogen-bond acceptors (Lipinski definition) is 2. The third-order valence-electron chi connectivity index (χ3n) is 4.78. The highest BCUT2D eigenvalue weighted by atomic mass is 16.5. The van der Waals surface area contributed by atoms with Crippen molar-refractivity contribution in [3.05, 3.63) is 29.8 Å². The summed E-state index contributed by atoms with van der Waals surface area (Å²) < 4.78 is 5.72. The predicted octanol–water partition coefficient (Wildman–Crippen LogP) is 1.79. The molecule has 1 aliphatic rings. The fourth-order valence-corrected chi connectivity index (χ4v) is 3.14. The van der Waals surface area contributed by atoms with Gasteiger partial charge in [0.2, 0.25) is 5.91 Å². The van der Waals surface area contributed by atoms with E-state index in [1.807, 2.05) is 19.1 Å². The molecule has 23 heavy (non-hydrogen) atoms. The minimum atomic E-state index is 0.190. The molecule has 1 saturated heterocycles. The lowest BCUT2D eigenvalue weighted by Crippen LogP contribution is -3.11. The van der Waals surface area contributed by atoms with Gasteiger partial charge in [0.15, 0.2) is 0 Å². The lowest BCUT2D eigenvalue weighted by Gasteiger charge is -2.29. The van der Waals surface area contributed by atoms with Crippen LogP contribution < -0.4 is 15.0 Å². The number of rotatable bonds is 7. The molecule has 0 unspecified atom stereocenters. The molecule has 0 aliphatic carbocycles. The number of ether oxygens (including phenoxy) is 1. The van der Waals surface area contributed by atoms with Crippen LogP contribution in [0.25, 0.3) is 0 Å². The number of hydrogen-bond donors (Lipinski definition) is 2. The van der Waals surface area contributed by atoms with Gasteiger partial charge in [-0.1, -0.05) is 19.1 Å². The van der Waals surface area contributed by atoms with Gasteiger partial charge in [-0.05, 0) is 32.4 Å². The van der Waals surface area contributed by atoms with E-state index >= 15 is 0 Å². The highest BCUT2D eigenvalue weighted by molar-refractivity contribution is 5.78. The minimum absolute atomic E-state index is 0.190. The van der Waals surface area contributed by atoms with Crippen molar-refractivity contribution in [2.24, 2.45) is 5.92 Å². The number of para-hydroxylation sites is 1. The SMILES string of the molecule is CCOc1ccccc1C[NH+]1CCC(C(=O)N[C@H](C)CC)CC1. The van der Waals surface area contributed by atoms with Crippen molar-refractivity contribution in [2.75, 3.05) is 19.7 Å². The molecule has 2 rings (SSSR count). The Morgan fingerprint density at radius 2 is 2.00 bits per heavy atom. The summed E-state index contributed by atoms with van der Waals surface area (Å²) in [6, 6.07) is 8.58. The minimum Gasteiger partial charge on any atom is -0.493 e. The first-order chi connectivity index (χ1) is 11.1. The lowest BCUT2D eigenvalue weighted by molar-refractivity contribution is -0.919. The Hall–Kier alpha value is -1.55. The molecular formula is C19H31N2O2+. The summed E-state index contributed by atoms with van der Waals surface area (Å²) in [7, 11) is 0. The zero-order valence-electron chi connectivity index (χ0n) is 14.7. The molecule has 0 saturated carbocycles. The van der Waals surface area contributed by atoms with Crippen molar-refractivity contribution in [3.63, 3.8) is 0 Å². The van der Waals surface area contributed by atoms with E-state index < -0.39 is 0 Å². The van der Waals surface area contributed by atoms with Crippen molar-refractivity contribution < 1.29 is 14.4 Å². The van der Waals surface area contributed by atoms with E-state index in [1.54, 1.807) is 4.90 Å². The van der Waals surface area contributed by atoms with Gasteiger partial charge >= 0.3 is 0 Å². The van der Waals surface area contributed by atoms with E-state index in [0.29, 0.717) is 6.61 Å². The summed E-state index contributed by atoms with van der Waals surface area (Å²) in [4.78, 5) is 13.8. The fraction of sp³-hybridized carbons (Fsp3) is 0.632. The van der Waals surface area contributed by atoms with E-state index in [4.69, 9.17) is 4.74 Å². The van der Waals surface area contributed by atoms with Gasteiger partial charge < -0.3 is 15.0 Å². The van der Waals surface area contributed by atoms with E-state index in [1.165, 1.54) is 5.56 Å². The molecule has 4 nitrogen and oxygen atoms in total. The fourth-order valence-electron chi connectivity index (χ4n) is 3.14. The third-order valence-corrected chi connectivity index (χ3v) is 4.78. The predicted molar refractivity (Wildman–Crippen MR) is 92.6 cm³/mol. The highest BCUT2D eigenvalue weighted by Gasteiger charge is 2.28. The Bertz CT molecular complexity index is 496. The Morgan fingerprint density at radius 3 is 2.65 bits per heavy atom. The number of carbonyl (C=O) groups is 1. The molecule has 0 bridgehead atoms. The summed E-state index contributed by atoms with van der Waals surface area (Å²) in [6.07, 6.45) is 2.95. The molecule has 1 aliphatic heterocycles. The maximum atomic E-state index is 12.2. The Labute approximate surface area is 140 Å². The van der Waals surface area contributed by atoms with E-state index in [0.717, 1.165) is 44.6 Å². The lowest BCUT2D eigenvalue weighted by atomic mass is 9.95. The van der Waals surface area contributed by atoms with Crippen LogP contribution in [0.5, 0.6) is 5.75 Å². The van der Waals surface area contributed by atoms with Crippen LogP contribution in [0.4, 0.5) is 0 Å². The Balaban J connectivity index is 1.84. The number of likely N-dealkylation sites (tertiary alicyclic amines) is 1. The molecule has 4 heteroatoms. The van der Waals surface area contributed by atoms with Gasteiger partial charge in [0, 0.05) is 30.4 Å². The summed E-state index contributed by atoms with van der Waals surface area (Å²) in [5.74, 6) is 1.43. The number of quaternary nitrogens is 1. The van der Waals surface area contributed by atoms with Gasteiger partial charge in [0.1, 0.15) is 12.3 Å². The van der Waals surface area contributed by atoms with Crippen LogP contribution in [0.3, 0.4) is 0 Å². The zero-order chi connectivity index (χ0) is 16.7. The quantitative estimate of drug-likeness (QED) is 0.805. The molecule has 0 radical (unpaired) electrons. The molecule has 1 fully saturated rings. The molecular weight excluding hydrogens is 288 g/mol. The van der Waals surface area contributed by atoms with E-state index in [2.05, 4.69) is 31.3 Å². The number of carbonyl (C=O) groups excluding carboxylic acids is 1. The number of nitrogens with one attached hydrogen (secondary N) is 2. The topological polar surface area (TPSA) is 42.8 Å². The molecule has 1 aromatic rings. The molecule has 2 N–H and O–H groups in total. The molecule has 128 valence electrons. The molecule has 1 aromatic carbocycles. The van der Waals surface area contributed by atoms with Crippen molar-refractivity contribution in [3.8, 4) is 5.75 Å². The monoisotopic (exact) mass is 319 g/mol. The average molecular weight is 319 g/mol. The first-order valence-corrected chi connectivity index (χ1v) is 8.98. The second-order valence-corrected chi connectivity index (χ2v) is 6.56. The number of benzene rings is 1. The Kier molecular flexibility index (Phi) is 6.90. The van der Waals surface area contributed by atoms with Crippen molar-refractivity contribution in [2.45, 2.75) is 52.6 Å². The van der Waals surface area contributed by atoms with Crippen LogP contribution in [-0.4, -0.2) is 31.6 Å². The van der Waals surface area contributed by atoms with Gasteiger partial charge in [0.25, 0.3) is 0 Å². The van der Waals surface area contributed by atoms with Crippen molar-refractivity contribution in [1.29, 1.82) is 0 Å². The normalized spacial score (nSPS) is 22.4. The molecule has 1 amide bonds. The first-order valence-electron chi connectivity index (χ1n) is 8.98. The maximum absolute atomic E-state index is 12.2. The summed E-state index contributed by atoms with van der Waals surface area (Å²) in [5.41, 5.74) is 1.27. The summed E-state index contributed by atoms with van der Waals surface area (Å²) >= 11 is 0. The number of amides is 1. The average Bonchev–Trinajstić information content (AvgIpc) is 2.57. The van der Waals surface area contributed by atoms with E-state index in [9.17, 15) is 4.79 Å². The number of piperidine rings is 1. The van der Waals surface area contributed by atoms with Crippen LogP contribution in [0.1, 0.15) is 45.6 Å². The zero-order valence-corrected chi connectivity index (χ0v) is 14.7. The molecule has 0 spiro atoms. The van der Waals surface area contributed by atoms with Gasteiger partial charge in [0.05, 0.1) is 19.7 Å².